The van der Waals surface area contributed by atoms with Crippen LogP contribution in [0.4, 0.5) is 0 Å². The van der Waals surface area contributed by atoms with Crippen molar-refractivity contribution in [2.24, 2.45) is 0 Å². The molecule has 4 nitrogen and oxygen atoms in total. The summed E-state index contributed by atoms with van der Waals surface area (Å²) in [6.45, 7) is 0.953. The Morgan fingerprint density at radius 1 is 1.14 bits per heavy atom. The molecule has 3 aromatic rings. The molecule has 2 aromatic carbocycles. The molecule has 4 rings (SSSR count). The van der Waals surface area contributed by atoms with Gasteiger partial charge in [0.15, 0.2) is 0 Å². The smallest absolute Gasteiger partial charge is 0.225 e. The van der Waals surface area contributed by atoms with E-state index in [-0.39, 0.29) is 12.3 Å². The minimum atomic E-state index is -0.531. The SMILES string of the molecule is O=C1CC(O)CN1Cc1ccc2oc3ccccc3c2c1. The highest BCUT2D eigenvalue weighted by molar-refractivity contribution is 6.05. The number of para-hydroxylation sites is 1. The first kappa shape index (κ1) is 12.4. The van der Waals surface area contributed by atoms with Crippen LogP contribution >= 0.6 is 0 Å². The number of hydrogen-bond donors (Lipinski definition) is 1. The zero-order chi connectivity index (χ0) is 14.4. The second-order valence-corrected chi connectivity index (χ2v) is 5.56. The van der Waals surface area contributed by atoms with Crippen molar-refractivity contribution in [3.05, 3.63) is 48.0 Å². The normalized spacial score (nSPS) is 19.0. The van der Waals surface area contributed by atoms with Gasteiger partial charge in [0.2, 0.25) is 5.91 Å². The van der Waals surface area contributed by atoms with Crippen LogP contribution in [0.5, 0.6) is 0 Å². The fraction of sp³-hybridized carbons (Fsp3) is 0.235. The predicted molar refractivity (Wildman–Crippen MR) is 79.8 cm³/mol. The van der Waals surface area contributed by atoms with E-state index in [0.29, 0.717) is 13.1 Å². The highest BCUT2D eigenvalue weighted by Gasteiger charge is 2.27. The summed E-state index contributed by atoms with van der Waals surface area (Å²) in [5.74, 6) is 0.0136. The number of amides is 1. The number of aliphatic hydroxyl groups excluding tert-OH is 1. The largest absolute Gasteiger partial charge is 0.456 e. The lowest BCUT2D eigenvalue weighted by molar-refractivity contribution is -0.128. The number of β-amino-alcohol motifs (C(OH)–C–C–N with tert-alkyl or cyclic N) is 1. The molecular formula is C17H15NO3. The Morgan fingerprint density at radius 2 is 1.95 bits per heavy atom. The van der Waals surface area contributed by atoms with Crippen molar-refractivity contribution in [2.45, 2.75) is 19.1 Å². The van der Waals surface area contributed by atoms with Crippen LogP contribution < -0.4 is 0 Å². The van der Waals surface area contributed by atoms with E-state index >= 15 is 0 Å². The van der Waals surface area contributed by atoms with E-state index in [0.717, 1.165) is 27.5 Å². The van der Waals surface area contributed by atoms with Gasteiger partial charge in [-0.15, -0.1) is 0 Å². The summed E-state index contributed by atoms with van der Waals surface area (Å²) in [5, 5.41) is 11.7. The molecule has 1 amide bonds. The molecule has 1 aliphatic rings. The number of fused-ring (bicyclic) bond motifs is 3. The molecule has 1 aliphatic heterocycles. The minimum absolute atomic E-state index is 0.0136. The number of aliphatic hydroxyl groups is 1. The molecule has 0 radical (unpaired) electrons. The molecule has 1 aromatic heterocycles. The van der Waals surface area contributed by atoms with E-state index in [9.17, 15) is 9.90 Å². The van der Waals surface area contributed by atoms with E-state index < -0.39 is 6.10 Å². The van der Waals surface area contributed by atoms with Gasteiger partial charge in [0.1, 0.15) is 11.2 Å². The minimum Gasteiger partial charge on any atom is -0.456 e. The maximum atomic E-state index is 11.8. The lowest BCUT2D eigenvalue weighted by Crippen LogP contribution is -2.25. The van der Waals surface area contributed by atoms with Crippen molar-refractivity contribution >= 4 is 27.8 Å². The van der Waals surface area contributed by atoms with Crippen LogP contribution in [0.3, 0.4) is 0 Å². The number of furan rings is 1. The van der Waals surface area contributed by atoms with Gasteiger partial charge in [-0.05, 0) is 23.8 Å². The summed E-state index contributed by atoms with van der Waals surface area (Å²) in [6, 6.07) is 13.9. The van der Waals surface area contributed by atoms with Crippen molar-refractivity contribution in [3.63, 3.8) is 0 Å². The average molecular weight is 281 g/mol. The first-order valence-corrected chi connectivity index (χ1v) is 7.07. The number of benzene rings is 2. The van der Waals surface area contributed by atoms with E-state index in [1.165, 1.54) is 0 Å². The lowest BCUT2D eigenvalue weighted by atomic mass is 10.1. The van der Waals surface area contributed by atoms with Crippen LogP contribution in [0.25, 0.3) is 21.9 Å². The van der Waals surface area contributed by atoms with Gasteiger partial charge in [-0.2, -0.15) is 0 Å². The number of carbonyl (C=O) groups is 1. The molecule has 0 saturated carbocycles. The third kappa shape index (κ3) is 2.08. The highest BCUT2D eigenvalue weighted by atomic mass is 16.3. The van der Waals surface area contributed by atoms with Crippen molar-refractivity contribution < 1.29 is 14.3 Å². The van der Waals surface area contributed by atoms with Crippen LogP contribution in [0.15, 0.2) is 46.9 Å². The standard InChI is InChI=1S/C17H15NO3/c19-12-8-17(20)18(10-12)9-11-5-6-16-14(7-11)13-3-1-2-4-15(13)21-16/h1-7,12,19H,8-10H2. The topological polar surface area (TPSA) is 53.7 Å². The number of carbonyl (C=O) groups excluding carboxylic acids is 1. The van der Waals surface area contributed by atoms with Crippen LogP contribution in [-0.2, 0) is 11.3 Å². The number of rotatable bonds is 2. The van der Waals surface area contributed by atoms with Gasteiger partial charge in [-0.3, -0.25) is 4.79 Å². The van der Waals surface area contributed by atoms with Gasteiger partial charge in [0.05, 0.1) is 12.5 Å². The Kier molecular flexibility index (Phi) is 2.72. The molecule has 1 fully saturated rings. The molecular weight excluding hydrogens is 266 g/mol. The fourth-order valence-corrected chi connectivity index (χ4v) is 3.00. The fourth-order valence-electron chi connectivity index (χ4n) is 3.00. The first-order valence-electron chi connectivity index (χ1n) is 7.07. The number of hydrogen-bond acceptors (Lipinski definition) is 3. The summed E-state index contributed by atoms with van der Waals surface area (Å²) in [5.41, 5.74) is 2.78. The molecule has 0 spiro atoms. The first-order chi connectivity index (χ1) is 10.2. The van der Waals surface area contributed by atoms with Crippen molar-refractivity contribution in [2.75, 3.05) is 6.54 Å². The molecule has 1 atom stereocenters. The van der Waals surface area contributed by atoms with E-state index in [2.05, 4.69) is 6.07 Å². The molecule has 0 bridgehead atoms. The molecule has 1 saturated heterocycles. The molecule has 21 heavy (non-hydrogen) atoms. The van der Waals surface area contributed by atoms with Gasteiger partial charge in [-0.1, -0.05) is 24.3 Å². The van der Waals surface area contributed by atoms with Crippen LogP contribution in [-0.4, -0.2) is 28.6 Å². The monoisotopic (exact) mass is 281 g/mol. The summed E-state index contributed by atoms with van der Waals surface area (Å²) in [7, 11) is 0. The lowest BCUT2D eigenvalue weighted by Gasteiger charge is -2.15. The average Bonchev–Trinajstić information content (AvgIpc) is 2.99. The summed E-state index contributed by atoms with van der Waals surface area (Å²) >= 11 is 0. The molecule has 0 aliphatic carbocycles. The zero-order valence-electron chi connectivity index (χ0n) is 11.5. The van der Waals surface area contributed by atoms with Gasteiger partial charge < -0.3 is 14.4 Å². The summed E-state index contributed by atoms with van der Waals surface area (Å²) < 4.78 is 5.80. The Hall–Kier alpha value is -2.33. The second-order valence-electron chi connectivity index (χ2n) is 5.56. The Balaban J connectivity index is 1.73. The second kappa shape index (κ2) is 4.60. The third-order valence-electron chi connectivity index (χ3n) is 4.01. The van der Waals surface area contributed by atoms with Crippen LogP contribution in [0.1, 0.15) is 12.0 Å². The summed E-state index contributed by atoms with van der Waals surface area (Å²) in [4.78, 5) is 13.5. The van der Waals surface area contributed by atoms with Crippen molar-refractivity contribution in [3.8, 4) is 0 Å². The Labute approximate surface area is 121 Å². The number of likely N-dealkylation sites (tertiary alicyclic amines) is 1. The van der Waals surface area contributed by atoms with Gasteiger partial charge in [-0.25, -0.2) is 0 Å². The van der Waals surface area contributed by atoms with E-state index in [4.69, 9.17) is 4.42 Å². The van der Waals surface area contributed by atoms with E-state index in [1.807, 2.05) is 36.4 Å². The maximum absolute atomic E-state index is 11.8. The molecule has 4 heteroatoms. The van der Waals surface area contributed by atoms with Gasteiger partial charge >= 0.3 is 0 Å². The van der Waals surface area contributed by atoms with Crippen LogP contribution in [0.2, 0.25) is 0 Å². The van der Waals surface area contributed by atoms with Gasteiger partial charge in [0, 0.05) is 23.9 Å². The Bertz CT molecular complexity index is 836. The maximum Gasteiger partial charge on any atom is 0.225 e. The van der Waals surface area contributed by atoms with E-state index in [1.54, 1.807) is 4.90 Å². The third-order valence-corrected chi connectivity index (χ3v) is 4.01. The summed E-state index contributed by atoms with van der Waals surface area (Å²) in [6.07, 6.45) is -0.298. The number of nitrogens with zero attached hydrogens (tertiary/aromatic N) is 1. The predicted octanol–water partition coefficient (Wildman–Crippen LogP) is 2.68. The highest BCUT2D eigenvalue weighted by Crippen LogP contribution is 2.29. The Morgan fingerprint density at radius 3 is 2.76 bits per heavy atom. The van der Waals surface area contributed by atoms with Crippen LogP contribution in [0, 0.1) is 0 Å². The van der Waals surface area contributed by atoms with Crippen molar-refractivity contribution in [1.82, 2.24) is 4.90 Å². The zero-order valence-corrected chi connectivity index (χ0v) is 11.5. The molecule has 1 N–H and O–H groups in total. The van der Waals surface area contributed by atoms with Crippen molar-refractivity contribution in [1.29, 1.82) is 0 Å². The molecule has 106 valence electrons. The quantitative estimate of drug-likeness (QED) is 0.785. The molecule has 2 heterocycles. The molecule has 1 unspecified atom stereocenters. The van der Waals surface area contributed by atoms with Gasteiger partial charge in [0.25, 0.3) is 0 Å².